The molecule has 0 aliphatic carbocycles. The van der Waals surface area contributed by atoms with E-state index in [1.54, 1.807) is 30.3 Å². The first-order chi connectivity index (χ1) is 14.2. The van der Waals surface area contributed by atoms with E-state index in [0.29, 0.717) is 5.69 Å². The maximum atomic E-state index is 13.5. The summed E-state index contributed by atoms with van der Waals surface area (Å²) >= 11 is 0. The van der Waals surface area contributed by atoms with E-state index in [9.17, 15) is 22.8 Å². The molecular weight excluding hydrogens is 401 g/mol. The number of carbonyl (C=O) groups is 2. The minimum absolute atomic E-state index is 0.179. The highest BCUT2D eigenvalue weighted by atomic mass is 19.4. The number of rotatable bonds is 4. The fourth-order valence-electron chi connectivity index (χ4n) is 3.40. The molecule has 1 atom stereocenters. The average molecular weight is 416 g/mol. The first-order valence-corrected chi connectivity index (χ1v) is 8.85. The number of halogens is 3. The maximum Gasteiger partial charge on any atom is 0.416 e. The molecule has 8 nitrogen and oxygen atoms in total. The fourth-order valence-corrected chi connectivity index (χ4v) is 3.40. The molecule has 1 N–H and O–H groups in total. The van der Waals surface area contributed by atoms with Gasteiger partial charge in [0.25, 0.3) is 5.91 Å². The lowest BCUT2D eigenvalue weighted by molar-refractivity contribution is -0.140. The number of urea groups is 1. The van der Waals surface area contributed by atoms with Crippen molar-refractivity contribution in [3.8, 4) is 5.69 Å². The van der Waals surface area contributed by atoms with E-state index in [0.717, 1.165) is 11.0 Å². The molecule has 154 valence electrons. The van der Waals surface area contributed by atoms with Gasteiger partial charge in [-0.15, -0.1) is 5.10 Å². The van der Waals surface area contributed by atoms with Crippen LogP contribution >= 0.6 is 0 Å². The van der Waals surface area contributed by atoms with Crippen LogP contribution in [0.1, 0.15) is 23.9 Å². The fraction of sp³-hybridized carbons (Fsp3) is 0.211. The van der Waals surface area contributed by atoms with Gasteiger partial charge >= 0.3 is 12.2 Å². The summed E-state index contributed by atoms with van der Waals surface area (Å²) in [4.78, 5) is 26.4. The summed E-state index contributed by atoms with van der Waals surface area (Å²) in [5.41, 5.74) is -2.60. The van der Waals surface area contributed by atoms with E-state index in [1.165, 1.54) is 29.8 Å². The molecule has 0 radical (unpaired) electrons. The van der Waals surface area contributed by atoms with E-state index < -0.39 is 29.2 Å². The molecule has 0 unspecified atom stereocenters. The molecule has 2 heterocycles. The maximum absolute atomic E-state index is 13.5. The highest BCUT2D eigenvalue weighted by Gasteiger charge is 2.52. The number of hydrogen-bond acceptors (Lipinski definition) is 5. The summed E-state index contributed by atoms with van der Waals surface area (Å²) in [5.74, 6) is -0.648. The van der Waals surface area contributed by atoms with Crippen LogP contribution in [0.25, 0.3) is 5.69 Å². The third-order valence-corrected chi connectivity index (χ3v) is 4.88. The Bertz CT molecular complexity index is 1110. The molecule has 3 aromatic rings. The zero-order chi connectivity index (χ0) is 21.5. The topological polar surface area (TPSA) is 93.0 Å². The van der Waals surface area contributed by atoms with E-state index in [-0.39, 0.29) is 17.9 Å². The molecule has 1 aliphatic heterocycles. The van der Waals surface area contributed by atoms with Crippen LogP contribution in [-0.4, -0.2) is 37.0 Å². The normalized spacial score (nSPS) is 19.3. The zero-order valence-electron chi connectivity index (χ0n) is 15.6. The number of imide groups is 1. The minimum atomic E-state index is -4.69. The van der Waals surface area contributed by atoms with Crippen molar-refractivity contribution in [1.29, 1.82) is 0 Å². The SMILES string of the molecule is C[C@]1(c2ccccc2C(F)(F)F)NC(=O)N(Cc2nnnn2-c2ccccc2)C1=O. The molecule has 1 fully saturated rings. The molecule has 11 heteroatoms. The Kier molecular flexibility index (Phi) is 4.52. The van der Waals surface area contributed by atoms with Crippen molar-refractivity contribution in [2.24, 2.45) is 0 Å². The van der Waals surface area contributed by atoms with Crippen LogP contribution in [0.5, 0.6) is 0 Å². The Morgan fingerprint density at radius 3 is 2.40 bits per heavy atom. The van der Waals surface area contributed by atoms with Crippen molar-refractivity contribution in [2.45, 2.75) is 25.2 Å². The van der Waals surface area contributed by atoms with Gasteiger partial charge in [-0.3, -0.25) is 9.69 Å². The molecule has 3 amide bonds. The van der Waals surface area contributed by atoms with Gasteiger partial charge in [-0.1, -0.05) is 36.4 Å². The number of alkyl halides is 3. The zero-order valence-corrected chi connectivity index (χ0v) is 15.6. The summed E-state index contributed by atoms with van der Waals surface area (Å²) in [7, 11) is 0. The van der Waals surface area contributed by atoms with E-state index in [4.69, 9.17) is 0 Å². The largest absolute Gasteiger partial charge is 0.416 e. The van der Waals surface area contributed by atoms with Crippen molar-refractivity contribution in [3.05, 3.63) is 71.5 Å². The van der Waals surface area contributed by atoms with Gasteiger partial charge in [-0.05, 0) is 41.1 Å². The van der Waals surface area contributed by atoms with Crippen LogP contribution in [-0.2, 0) is 23.1 Å². The third-order valence-electron chi connectivity index (χ3n) is 4.88. The van der Waals surface area contributed by atoms with Crippen molar-refractivity contribution in [1.82, 2.24) is 30.4 Å². The van der Waals surface area contributed by atoms with Gasteiger partial charge in [0.05, 0.1) is 17.8 Å². The Labute approximate surface area is 168 Å². The number of para-hydroxylation sites is 1. The number of nitrogens with zero attached hydrogens (tertiary/aromatic N) is 5. The molecule has 1 aliphatic rings. The van der Waals surface area contributed by atoms with Gasteiger partial charge in [0.1, 0.15) is 5.54 Å². The van der Waals surface area contributed by atoms with Gasteiger partial charge in [0.15, 0.2) is 5.82 Å². The number of benzene rings is 2. The number of amides is 3. The quantitative estimate of drug-likeness (QED) is 0.660. The molecule has 1 aromatic heterocycles. The first-order valence-electron chi connectivity index (χ1n) is 8.85. The Balaban J connectivity index is 1.68. The number of nitrogens with one attached hydrogen (secondary N) is 1. The number of hydrogen-bond donors (Lipinski definition) is 1. The molecule has 0 spiro atoms. The van der Waals surface area contributed by atoms with Crippen LogP contribution in [0.3, 0.4) is 0 Å². The predicted octanol–water partition coefficient (Wildman–Crippen LogP) is 2.65. The summed E-state index contributed by atoms with van der Waals surface area (Å²) in [6.45, 7) is 0.939. The third kappa shape index (κ3) is 3.17. The van der Waals surface area contributed by atoms with Crippen molar-refractivity contribution < 1.29 is 22.8 Å². The second-order valence-electron chi connectivity index (χ2n) is 6.83. The van der Waals surface area contributed by atoms with Gasteiger partial charge in [0, 0.05) is 0 Å². The highest BCUT2D eigenvalue weighted by Crippen LogP contribution is 2.39. The van der Waals surface area contributed by atoms with Gasteiger partial charge in [0.2, 0.25) is 0 Å². The molecule has 4 rings (SSSR count). The lowest BCUT2D eigenvalue weighted by Gasteiger charge is -2.25. The van der Waals surface area contributed by atoms with Gasteiger partial charge < -0.3 is 5.32 Å². The summed E-state index contributed by atoms with van der Waals surface area (Å²) < 4.78 is 41.8. The first kappa shape index (κ1) is 19.6. The number of carbonyl (C=O) groups excluding carboxylic acids is 2. The minimum Gasteiger partial charge on any atom is -0.319 e. The van der Waals surface area contributed by atoms with Crippen molar-refractivity contribution in [3.63, 3.8) is 0 Å². The molecular formula is C19H15F3N6O2. The van der Waals surface area contributed by atoms with Gasteiger partial charge in [-0.25, -0.2) is 4.79 Å². The Morgan fingerprint density at radius 2 is 1.70 bits per heavy atom. The Hall–Kier alpha value is -3.76. The predicted molar refractivity (Wildman–Crippen MR) is 97.0 cm³/mol. The molecule has 30 heavy (non-hydrogen) atoms. The van der Waals surface area contributed by atoms with Crippen LogP contribution in [0, 0.1) is 0 Å². The Morgan fingerprint density at radius 1 is 1.03 bits per heavy atom. The average Bonchev–Trinajstić information content (AvgIpc) is 3.27. The summed E-state index contributed by atoms with van der Waals surface area (Å²) in [5, 5.41) is 13.7. The molecule has 0 bridgehead atoms. The van der Waals surface area contributed by atoms with Crippen molar-refractivity contribution in [2.75, 3.05) is 0 Å². The highest BCUT2D eigenvalue weighted by molar-refractivity contribution is 6.07. The summed E-state index contributed by atoms with van der Waals surface area (Å²) in [6.07, 6.45) is -4.69. The van der Waals surface area contributed by atoms with Crippen LogP contribution in [0.4, 0.5) is 18.0 Å². The van der Waals surface area contributed by atoms with Crippen LogP contribution in [0.2, 0.25) is 0 Å². The second-order valence-corrected chi connectivity index (χ2v) is 6.83. The number of tetrazole rings is 1. The standard InChI is InChI=1S/C19H15F3N6O2/c1-18(13-9-5-6-10-14(13)19(20,21)22)16(29)27(17(30)23-18)11-15-24-25-26-28(15)12-7-3-2-4-8-12/h2-10H,11H2,1H3,(H,23,30)/t18-/m1/s1. The van der Waals surface area contributed by atoms with Crippen molar-refractivity contribution >= 4 is 11.9 Å². The second kappa shape index (κ2) is 6.94. The van der Waals surface area contributed by atoms with E-state index in [2.05, 4.69) is 20.8 Å². The lowest BCUT2D eigenvalue weighted by Crippen LogP contribution is -2.42. The van der Waals surface area contributed by atoms with Crippen LogP contribution in [0.15, 0.2) is 54.6 Å². The molecule has 1 saturated heterocycles. The lowest BCUT2D eigenvalue weighted by atomic mass is 9.87. The monoisotopic (exact) mass is 416 g/mol. The smallest absolute Gasteiger partial charge is 0.319 e. The molecule has 0 saturated carbocycles. The van der Waals surface area contributed by atoms with E-state index in [1.807, 2.05) is 0 Å². The molecule has 2 aromatic carbocycles. The van der Waals surface area contributed by atoms with Crippen LogP contribution < -0.4 is 5.32 Å². The number of aromatic nitrogens is 4. The summed E-state index contributed by atoms with van der Waals surface area (Å²) in [6, 6.07) is 12.6. The van der Waals surface area contributed by atoms with Gasteiger partial charge in [-0.2, -0.15) is 17.9 Å². The van der Waals surface area contributed by atoms with E-state index >= 15 is 0 Å².